The van der Waals surface area contributed by atoms with Crippen molar-refractivity contribution in [2.75, 3.05) is 13.2 Å². The lowest BCUT2D eigenvalue weighted by Gasteiger charge is -2.66. The first kappa shape index (κ1) is 30.8. The van der Waals surface area contributed by atoms with E-state index >= 15 is 0 Å². The van der Waals surface area contributed by atoms with Crippen molar-refractivity contribution in [1.82, 2.24) is 4.90 Å². The Labute approximate surface area is 241 Å². The Morgan fingerprint density at radius 3 is 2.58 bits per heavy atom. The molecule has 0 aromatic heterocycles. The maximum atomic E-state index is 13.8. The Hall–Kier alpha value is -2.18. The average Bonchev–Trinajstić information content (AvgIpc) is 2.87. The number of likely N-dealkylation sites (tertiary alicyclic amines) is 1. The third-order valence-electron chi connectivity index (χ3n) is 9.80. The number of allylic oxidation sites excluding steroid dienone is 2. The highest BCUT2D eigenvalue weighted by atomic mass is 16.6. The summed E-state index contributed by atoms with van der Waals surface area (Å²) in [6.45, 7) is 13.8. The van der Waals surface area contributed by atoms with Crippen molar-refractivity contribution < 1.29 is 24.2 Å². The van der Waals surface area contributed by atoms with Crippen LogP contribution in [0.1, 0.15) is 98.5 Å². The minimum absolute atomic E-state index is 0.0343. The minimum Gasteiger partial charge on any atom is -0.444 e. The number of Topliss-reactive ketones (excluding diaryl/α,β-unsaturated/α-hetero) is 1. The van der Waals surface area contributed by atoms with Crippen LogP contribution in [0.4, 0.5) is 4.79 Å². The number of hydrogen-bond acceptors (Lipinski definition) is 5. The number of ether oxygens (including phenoxy) is 2. The molecule has 1 aliphatic heterocycles. The van der Waals surface area contributed by atoms with E-state index in [4.69, 9.17) is 9.47 Å². The maximum absolute atomic E-state index is 13.8. The molecule has 6 heteroatoms. The van der Waals surface area contributed by atoms with Gasteiger partial charge in [0, 0.05) is 25.0 Å². The first-order valence-corrected chi connectivity index (χ1v) is 15.4. The predicted molar refractivity (Wildman–Crippen MR) is 158 cm³/mol. The van der Waals surface area contributed by atoms with Crippen LogP contribution in [0.3, 0.4) is 0 Å². The van der Waals surface area contributed by atoms with Gasteiger partial charge in [0.25, 0.3) is 0 Å². The molecule has 1 saturated heterocycles. The highest BCUT2D eigenvalue weighted by Gasteiger charge is 2.66. The van der Waals surface area contributed by atoms with Gasteiger partial charge in [0.2, 0.25) is 0 Å². The summed E-state index contributed by atoms with van der Waals surface area (Å²) < 4.78 is 12.0. The average molecular weight is 554 g/mol. The van der Waals surface area contributed by atoms with Gasteiger partial charge in [-0.25, -0.2) is 4.79 Å². The molecule has 2 aliphatic carbocycles. The van der Waals surface area contributed by atoms with E-state index in [2.05, 4.69) is 39.0 Å². The zero-order chi connectivity index (χ0) is 29.1. The van der Waals surface area contributed by atoms with E-state index in [-0.39, 0.29) is 29.8 Å². The number of benzene rings is 1. The van der Waals surface area contributed by atoms with Crippen molar-refractivity contribution in [3.8, 4) is 0 Å². The van der Waals surface area contributed by atoms with E-state index in [1.54, 1.807) is 0 Å². The molecule has 4 rings (SSSR count). The molecule has 0 spiro atoms. The minimum atomic E-state index is -1.12. The van der Waals surface area contributed by atoms with Gasteiger partial charge in [-0.05, 0) is 94.6 Å². The molecule has 40 heavy (non-hydrogen) atoms. The van der Waals surface area contributed by atoms with Gasteiger partial charge in [-0.2, -0.15) is 0 Å². The predicted octanol–water partition coefficient (Wildman–Crippen LogP) is 7.09. The van der Waals surface area contributed by atoms with Gasteiger partial charge < -0.3 is 19.5 Å². The molecule has 1 saturated carbocycles. The largest absolute Gasteiger partial charge is 0.444 e. The molecular formula is C34H51NO5. The third kappa shape index (κ3) is 6.49. The summed E-state index contributed by atoms with van der Waals surface area (Å²) in [5.74, 6) is 0.647. The number of amides is 1. The van der Waals surface area contributed by atoms with Crippen molar-refractivity contribution in [2.24, 2.45) is 23.2 Å². The van der Waals surface area contributed by atoms with Crippen molar-refractivity contribution in [2.45, 2.75) is 117 Å². The highest BCUT2D eigenvalue weighted by Crippen LogP contribution is 2.60. The lowest BCUT2D eigenvalue weighted by atomic mass is 9.48. The van der Waals surface area contributed by atoms with E-state index in [9.17, 15) is 14.7 Å². The first-order valence-electron chi connectivity index (χ1n) is 15.4. The molecule has 1 aromatic carbocycles. The van der Waals surface area contributed by atoms with Gasteiger partial charge in [-0.3, -0.25) is 4.79 Å². The van der Waals surface area contributed by atoms with Crippen LogP contribution < -0.4 is 0 Å². The van der Waals surface area contributed by atoms with Crippen LogP contribution in [0.15, 0.2) is 42.0 Å². The number of ketones is 1. The molecule has 2 fully saturated rings. The number of rotatable bonds is 9. The summed E-state index contributed by atoms with van der Waals surface area (Å²) in [6.07, 6.45) is 7.78. The van der Waals surface area contributed by atoms with E-state index in [1.165, 1.54) is 0 Å². The van der Waals surface area contributed by atoms with Crippen LogP contribution >= 0.6 is 0 Å². The SMILES string of the molecule is CC(C)C1CCC2(C)[C@H](CC3=CCCCC3=O)CN(C(=O)OC(C)(C)C)C1C2(O)CCCOCc1ccccc1. The van der Waals surface area contributed by atoms with E-state index in [1.807, 2.05) is 43.9 Å². The zero-order valence-corrected chi connectivity index (χ0v) is 25.6. The van der Waals surface area contributed by atoms with Crippen molar-refractivity contribution in [3.05, 3.63) is 47.5 Å². The molecule has 1 N–H and O–H groups in total. The Morgan fingerprint density at radius 2 is 1.93 bits per heavy atom. The summed E-state index contributed by atoms with van der Waals surface area (Å²) >= 11 is 0. The Bertz CT molecular complexity index is 1060. The molecule has 5 atom stereocenters. The number of aliphatic hydroxyl groups is 1. The molecule has 4 unspecified atom stereocenters. The van der Waals surface area contributed by atoms with Gasteiger partial charge in [-0.15, -0.1) is 0 Å². The monoisotopic (exact) mass is 553 g/mol. The molecule has 3 aliphatic rings. The molecule has 1 heterocycles. The van der Waals surface area contributed by atoms with Crippen LogP contribution in [-0.2, 0) is 20.9 Å². The molecule has 0 radical (unpaired) electrons. The molecule has 1 aromatic rings. The molecular weight excluding hydrogens is 502 g/mol. The maximum Gasteiger partial charge on any atom is 0.410 e. The van der Waals surface area contributed by atoms with E-state index in [0.29, 0.717) is 51.4 Å². The number of carbonyl (C=O) groups excluding carboxylic acids is 2. The number of piperidine rings is 1. The second-order valence-corrected chi connectivity index (χ2v) is 14.0. The Morgan fingerprint density at radius 1 is 1.20 bits per heavy atom. The van der Waals surface area contributed by atoms with Crippen molar-refractivity contribution in [3.63, 3.8) is 0 Å². The second kappa shape index (κ2) is 12.4. The fourth-order valence-electron chi connectivity index (χ4n) is 7.55. The summed E-state index contributed by atoms with van der Waals surface area (Å²) in [4.78, 5) is 28.5. The molecule has 222 valence electrons. The molecule has 2 bridgehead atoms. The van der Waals surface area contributed by atoms with E-state index < -0.39 is 16.6 Å². The van der Waals surface area contributed by atoms with E-state index in [0.717, 1.165) is 36.8 Å². The van der Waals surface area contributed by atoms with Gasteiger partial charge in [0.15, 0.2) is 5.78 Å². The summed E-state index contributed by atoms with van der Waals surface area (Å²) in [5.41, 5.74) is -0.182. The van der Waals surface area contributed by atoms with Gasteiger partial charge in [0.05, 0.1) is 18.2 Å². The highest BCUT2D eigenvalue weighted by molar-refractivity contribution is 5.96. The normalized spacial score (nSPS) is 30.8. The van der Waals surface area contributed by atoms with Crippen LogP contribution in [0.25, 0.3) is 0 Å². The van der Waals surface area contributed by atoms with Gasteiger partial charge >= 0.3 is 6.09 Å². The first-order chi connectivity index (χ1) is 18.9. The number of fused-ring (bicyclic) bond motifs is 2. The summed E-state index contributed by atoms with van der Waals surface area (Å²) in [6, 6.07) is 9.78. The zero-order valence-electron chi connectivity index (χ0n) is 25.6. The molecule has 1 amide bonds. The number of hydrogen-bond donors (Lipinski definition) is 1. The van der Waals surface area contributed by atoms with Gasteiger partial charge in [-0.1, -0.05) is 57.2 Å². The lowest BCUT2D eigenvalue weighted by molar-refractivity contribution is -0.235. The smallest absolute Gasteiger partial charge is 0.410 e. The van der Waals surface area contributed by atoms with Crippen LogP contribution in [0.5, 0.6) is 0 Å². The van der Waals surface area contributed by atoms with Crippen molar-refractivity contribution >= 4 is 11.9 Å². The lowest BCUT2D eigenvalue weighted by Crippen LogP contribution is -2.75. The number of carbonyl (C=O) groups is 2. The fourth-order valence-corrected chi connectivity index (χ4v) is 7.55. The van der Waals surface area contributed by atoms with Crippen LogP contribution in [-0.4, -0.2) is 52.3 Å². The Kier molecular flexibility index (Phi) is 9.51. The third-order valence-corrected chi connectivity index (χ3v) is 9.80. The topological polar surface area (TPSA) is 76.1 Å². The van der Waals surface area contributed by atoms with Crippen LogP contribution in [0, 0.1) is 23.2 Å². The summed E-state index contributed by atoms with van der Waals surface area (Å²) in [7, 11) is 0. The quantitative estimate of drug-likeness (QED) is 0.330. The van der Waals surface area contributed by atoms with Gasteiger partial charge in [0.1, 0.15) is 5.60 Å². The molecule has 6 nitrogen and oxygen atoms in total. The summed E-state index contributed by atoms with van der Waals surface area (Å²) in [5, 5.41) is 12.9. The standard InChI is InChI=1S/C34H51NO5/c1-24(2)28-17-19-33(6)27(21-26-15-10-11-16-29(26)36)22-35(31(37)40-32(3,4)5)30(28)34(33,38)18-12-20-39-23-25-13-8-7-9-14-25/h7-9,13-15,24,27-28,30,38H,10-12,16-23H2,1-6H3/t27-,28?,30?,33?,34?/m1/s1. The van der Waals surface area contributed by atoms with Crippen molar-refractivity contribution in [1.29, 1.82) is 0 Å². The second-order valence-electron chi connectivity index (χ2n) is 14.0. The fraction of sp³-hybridized carbons (Fsp3) is 0.706. The van der Waals surface area contributed by atoms with Crippen LogP contribution in [0.2, 0.25) is 0 Å². The Balaban J connectivity index is 1.64. The number of nitrogens with zero attached hydrogens (tertiary/aromatic N) is 1.